The quantitative estimate of drug-likeness (QED) is 0.691. The van der Waals surface area contributed by atoms with Gasteiger partial charge in [0.05, 0.1) is 12.2 Å². The standard InChI is InChI=1S/C24H33FO6/c1-21(2)30-19-9-14-13-8-16(25)15-7-12(27)5-6-22(15,3)20(13)17(28)10-23(14,4)24(19,31-21)18(29)11-26/h7,13-14,16-17,19-20,26,28H,5-6,8-11H2,1-4H3/t13-,14+,16-,17-,19+,20+,22-,23-,24+/m0/s1. The zero-order chi connectivity index (χ0) is 22.6. The summed E-state index contributed by atoms with van der Waals surface area (Å²) < 4.78 is 27.9. The van der Waals surface area contributed by atoms with Gasteiger partial charge in [0.1, 0.15) is 12.8 Å². The summed E-state index contributed by atoms with van der Waals surface area (Å²) in [6.07, 6.45) is 0.872. The maximum atomic E-state index is 15.5. The van der Waals surface area contributed by atoms with E-state index in [0.717, 1.165) is 0 Å². The van der Waals surface area contributed by atoms with E-state index in [-0.39, 0.29) is 30.0 Å². The fourth-order valence-corrected chi connectivity index (χ4v) is 8.41. The number of ether oxygens (including phenoxy) is 2. The van der Waals surface area contributed by atoms with Crippen LogP contribution >= 0.6 is 0 Å². The van der Waals surface area contributed by atoms with Crippen LogP contribution in [0.25, 0.3) is 0 Å². The van der Waals surface area contributed by atoms with Crippen molar-refractivity contribution in [3.05, 3.63) is 11.6 Å². The molecule has 0 bridgehead atoms. The molecule has 5 aliphatic rings. The third kappa shape index (κ3) is 2.58. The zero-order valence-corrected chi connectivity index (χ0v) is 18.7. The zero-order valence-electron chi connectivity index (χ0n) is 18.7. The van der Waals surface area contributed by atoms with Crippen molar-refractivity contribution in [3.63, 3.8) is 0 Å². The number of carbonyl (C=O) groups is 2. The molecule has 172 valence electrons. The van der Waals surface area contributed by atoms with Crippen molar-refractivity contribution in [1.29, 1.82) is 0 Å². The summed E-state index contributed by atoms with van der Waals surface area (Å²) >= 11 is 0. The van der Waals surface area contributed by atoms with E-state index < -0.39 is 53.0 Å². The molecule has 4 fully saturated rings. The molecule has 4 aliphatic carbocycles. The Hall–Kier alpha value is -1.15. The first-order chi connectivity index (χ1) is 14.4. The number of fused-ring (bicyclic) bond motifs is 7. The molecule has 7 heteroatoms. The van der Waals surface area contributed by atoms with Gasteiger partial charge >= 0.3 is 0 Å². The number of hydrogen-bond donors (Lipinski definition) is 2. The largest absolute Gasteiger partial charge is 0.393 e. The number of alkyl halides is 1. The molecule has 0 aromatic heterocycles. The number of halogens is 1. The lowest BCUT2D eigenvalue weighted by atomic mass is 9.45. The topological polar surface area (TPSA) is 93.1 Å². The number of aliphatic hydroxyl groups excluding tert-OH is 2. The Kier molecular flexibility index (Phi) is 4.52. The SMILES string of the molecule is CC1(C)O[C@@H]2C[C@@H]3[C@@H]4C[C@H](F)C5=CC(=O)CC[C@]5(C)[C@H]4[C@@H](O)C[C@]3(C)[C@]2(C(=O)CO)O1. The highest BCUT2D eigenvalue weighted by Gasteiger charge is 2.77. The summed E-state index contributed by atoms with van der Waals surface area (Å²) in [5.41, 5.74) is -2.19. The van der Waals surface area contributed by atoms with Crippen LogP contribution in [0.3, 0.4) is 0 Å². The summed E-state index contributed by atoms with van der Waals surface area (Å²) in [6.45, 7) is 6.78. The minimum absolute atomic E-state index is 0.0457. The van der Waals surface area contributed by atoms with E-state index in [1.165, 1.54) is 6.08 Å². The molecule has 0 unspecified atom stereocenters. The minimum Gasteiger partial charge on any atom is -0.393 e. The smallest absolute Gasteiger partial charge is 0.193 e. The molecule has 0 radical (unpaired) electrons. The third-order valence-corrected chi connectivity index (χ3v) is 9.42. The van der Waals surface area contributed by atoms with Crippen molar-refractivity contribution >= 4 is 11.6 Å². The van der Waals surface area contributed by atoms with Gasteiger partial charge in [-0.05, 0) is 74.3 Å². The van der Waals surface area contributed by atoms with Crippen LogP contribution < -0.4 is 0 Å². The Morgan fingerprint density at radius 2 is 1.97 bits per heavy atom. The van der Waals surface area contributed by atoms with Gasteiger partial charge in [0.2, 0.25) is 0 Å². The van der Waals surface area contributed by atoms with Gasteiger partial charge < -0.3 is 19.7 Å². The second kappa shape index (κ2) is 6.46. The van der Waals surface area contributed by atoms with E-state index in [4.69, 9.17) is 9.47 Å². The van der Waals surface area contributed by atoms with Crippen molar-refractivity contribution in [2.24, 2.45) is 28.6 Å². The first-order valence-corrected chi connectivity index (χ1v) is 11.5. The van der Waals surface area contributed by atoms with Gasteiger partial charge in [-0.25, -0.2) is 4.39 Å². The van der Waals surface area contributed by atoms with Crippen molar-refractivity contribution in [2.45, 2.75) is 89.6 Å². The van der Waals surface area contributed by atoms with Gasteiger partial charge in [0.25, 0.3) is 0 Å². The fourth-order valence-electron chi connectivity index (χ4n) is 8.41. The minimum atomic E-state index is -1.35. The predicted molar refractivity (Wildman–Crippen MR) is 109 cm³/mol. The van der Waals surface area contributed by atoms with Gasteiger partial charge in [0, 0.05) is 11.8 Å². The van der Waals surface area contributed by atoms with Gasteiger partial charge in [-0.1, -0.05) is 13.8 Å². The molecule has 5 rings (SSSR count). The second-order valence-electron chi connectivity index (χ2n) is 11.3. The van der Waals surface area contributed by atoms with Crippen molar-refractivity contribution < 1.29 is 33.7 Å². The monoisotopic (exact) mass is 436 g/mol. The average Bonchev–Trinajstić information content (AvgIpc) is 3.08. The van der Waals surface area contributed by atoms with Gasteiger partial charge in [-0.15, -0.1) is 0 Å². The summed E-state index contributed by atoms with van der Waals surface area (Å²) in [7, 11) is 0. The molecular weight excluding hydrogens is 403 g/mol. The number of carbonyl (C=O) groups excluding carboxylic acids is 2. The molecule has 1 aliphatic heterocycles. The van der Waals surface area contributed by atoms with E-state index in [0.29, 0.717) is 31.3 Å². The maximum absolute atomic E-state index is 15.5. The molecule has 2 N–H and O–H groups in total. The van der Waals surface area contributed by atoms with Crippen LogP contribution in [0.4, 0.5) is 4.39 Å². The summed E-state index contributed by atoms with van der Waals surface area (Å²) in [4.78, 5) is 25.2. The van der Waals surface area contributed by atoms with Gasteiger partial charge in [-0.3, -0.25) is 9.59 Å². The predicted octanol–water partition coefficient (Wildman–Crippen LogP) is 2.50. The molecule has 1 saturated heterocycles. The van der Waals surface area contributed by atoms with E-state index >= 15 is 4.39 Å². The first kappa shape index (κ1) is 21.7. The average molecular weight is 437 g/mol. The molecular formula is C24H33FO6. The van der Waals surface area contributed by atoms with E-state index in [1.54, 1.807) is 13.8 Å². The number of ketones is 2. The fraction of sp³-hybridized carbons (Fsp3) is 0.833. The van der Waals surface area contributed by atoms with Crippen molar-refractivity contribution in [3.8, 4) is 0 Å². The Morgan fingerprint density at radius 1 is 1.26 bits per heavy atom. The molecule has 9 atom stereocenters. The van der Waals surface area contributed by atoms with E-state index in [2.05, 4.69) is 0 Å². The van der Waals surface area contributed by atoms with E-state index in [1.807, 2.05) is 13.8 Å². The highest BCUT2D eigenvalue weighted by atomic mass is 19.1. The van der Waals surface area contributed by atoms with Crippen LogP contribution in [-0.4, -0.2) is 58.2 Å². The summed E-state index contributed by atoms with van der Waals surface area (Å²) in [6, 6.07) is 0. The lowest BCUT2D eigenvalue weighted by Crippen LogP contribution is -2.64. The molecule has 6 nitrogen and oxygen atoms in total. The van der Waals surface area contributed by atoms with Crippen LogP contribution in [0.2, 0.25) is 0 Å². The molecule has 0 aromatic carbocycles. The summed E-state index contributed by atoms with van der Waals surface area (Å²) in [5.74, 6) is -1.90. The Labute approximate surface area is 182 Å². The highest BCUT2D eigenvalue weighted by molar-refractivity contribution is 5.92. The second-order valence-corrected chi connectivity index (χ2v) is 11.3. The molecule has 1 heterocycles. The van der Waals surface area contributed by atoms with E-state index in [9.17, 15) is 19.8 Å². The number of hydrogen-bond acceptors (Lipinski definition) is 6. The Balaban J connectivity index is 1.61. The normalized spacial score (nSPS) is 52.6. The molecule has 3 saturated carbocycles. The Morgan fingerprint density at radius 3 is 2.65 bits per heavy atom. The number of rotatable bonds is 2. The molecule has 31 heavy (non-hydrogen) atoms. The summed E-state index contributed by atoms with van der Waals surface area (Å²) in [5, 5.41) is 21.3. The van der Waals surface area contributed by atoms with Gasteiger partial charge in [0.15, 0.2) is 23.0 Å². The van der Waals surface area contributed by atoms with Crippen LogP contribution in [-0.2, 0) is 19.1 Å². The molecule has 0 aromatic rings. The lowest BCUT2D eigenvalue weighted by Gasteiger charge is -2.61. The van der Waals surface area contributed by atoms with Crippen molar-refractivity contribution in [1.82, 2.24) is 0 Å². The van der Waals surface area contributed by atoms with Crippen LogP contribution in [0.5, 0.6) is 0 Å². The first-order valence-electron chi connectivity index (χ1n) is 11.5. The number of Topliss-reactive ketones (excluding diaryl/α,β-unsaturated/α-hetero) is 1. The molecule has 0 amide bonds. The van der Waals surface area contributed by atoms with Crippen LogP contribution in [0.15, 0.2) is 11.6 Å². The molecule has 0 spiro atoms. The maximum Gasteiger partial charge on any atom is 0.193 e. The van der Waals surface area contributed by atoms with Crippen LogP contribution in [0.1, 0.15) is 59.8 Å². The van der Waals surface area contributed by atoms with Crippen LogP contribution in [0, 0.1) is 28.6 Å². The highest BCUT2D eigenvalue weighted by Crippen LogP contribution is 2.70. The third-order valence-electron chi connectivity index (χ3n) is 9.42. The van der Waals surface area contributed by atoms with Gasteiger partial charge in [-0.2, -0.15) is 0 Å². The lowest BCUT2D eigenvalue weighted by molar-refractivity contribution is -0.228. The number of allylic oxidation sites excluding steroid dienone is 1. The van der Waals surface area contributed by atoms with Crippen molar-refractivity contribution in [2.75, 3.05) is 6.61 Å². The Bertz CT molecular complexity index is 868. The number of aliphatic hydroxyl groups is 2.